The number of hydrogen-bond acceptors (Lipinski definition) is 3. The highest BCUT2D eigenvalue weighted by atomic mass is 19.1. The van der Waals surface area contributed by atoms with Gasteiger partial charge < -0.3 is 4.74 Å². The molecule has 27 heavy (non-hydrogen) atoms. The van der Waals surface area contributed by atoms with Gasteiger partial charge in [0.05, 0.1) is 6.04 Å². The van der Waals surface area contributed by atoms with Crippen LogP contribution in [0.15, 0.2) is 30.3 Å². The first kappa shape index (κ1) is 18.7. The highest BCUT2D eigenvalue weighted by molar-refractivity contribution is 5.70. The average molecular weight is 375 g/mol. The van der Waals surface area contributed by atoms with Gasteiger partial charge in [0.25, 0.3) is 0 Å². The number of halogens is 1. The van der Waals surface area contributed by atoms with Gasteiger partial charge in [0.1, 0.15) is 11.8 Å². The van der Waals surface area contributed by atoms with Gasteiger partial charge >= 0.3 is 6.09 Å². The smallest absolute Gasteiger partial charge is 0.410 e. The van der Waals surface area contributed by atoms with E-state index in [4.69, 9.17) is 4.74 Å². The zero-order chi connectivity index (χ0) is 19.2. The highest BCUT2D eigenvalue weighted by Gasteiger charge is 2.53. The third-order valence-electron chi connectivity index (χ3n) is 6.05. The fourth-order valence-electron chi connectivity index (χ4n) is 4.76. The number of amides is 1. The summed E-state index contributed by atoms with van der Waals surface area (Å²) in [5, 5.41) is 0. The lowest BCUT2D eigenvalue weighted by Crippen LogP contribution is -2.60. The molecule has 4 rings (SSSR count). The molecule has 2 bridgehead atoms. The van der Waals surface area contributed by atoms with Gasteiger partial charge in [-0.2, -0.15) is 0 Å². The number of hydrogen-bond donors (Lipinski definition) is 0. The van der Waals surface area contributed by atoms with Crippen molar-refractivity contribution in [3.8, 4) is 0 Å². The number of piperidine rings is 1. The average Bonchev–Trinajstić information content (AvgIpc) is 3.38. The maximum atomic E-state index is 15.6. The number of carbonyl (C=O) groups is 1. The second kappa shape index (κ2) is 7.08. The summed E-state index contributed by atoms with van der Waals surface area (Å²) in [6.07, 6.45) is 3.27. The van der Waals surface area contributed by atoms with Crippen LogP contribution in [0, 0.1) is 0 Å². The minimum Gasteiger partial charge on any atom is -0.444 e. The Morgan fingerprint density at radius 2 is 1.89 bits per heavy atom. The number of ether oxygens (including phenoxy) is 1. The fourth-order valence-corrected chi connectivity index (χ4v) is 4.76. The summed E-state index contributed by atoms with van der Waals surface area (Å²) >= 11 is 0. The van der Waals surface area contributed by atoms with Gasteiger partial charge in [0, 0.05) is 24.7 Å². The van der Waals surface area contributed by atoms with Gasteiger partial charge in [-0.1, -0.05) is 30.3 Å². The zero-order valence-corrected chi connectivity index (χ0v) is 16.6. The SMILES string of the molecule is CC(C)(C)OC(=O)N1C2CCC1[C@H](F)[C@H](N(Cc1ccccc1)C1CC1)C2. The molecule has 0 radical (unpaired) electrons. The highest BCUT2D eigenvalue weighted by Crippen LogP contribution is 2.43. The van der Waals surface area contributed by atoms with Gasteiger partial charge in [0.15, 0.2) is 0 Å². The molecule has 0 N–H and O–H groups in total. The molecule has 3 fully saturated rings. The van der Waals surface area contributed by atoms with Crippen LogP contribution in [0.5, 0.6) is 0 Å². The molecule has 2 unspecified atom stereocenters. The van der Waals surface area contributed by atoms with Crippen molar-refractivity contribution in [3.63, 3.8) is 0 Å². The molecule has 1 aromatic rings. The van der Waals surface area contributed by atoms with Crippen LogP contribution in [-0.4, -0.2) is 51.8 Å². The van der Waals surface area contributed by atoms with Crippen LogP contribution in [0.4, 0.5) is 9.18 Å². The normalized spacial score (nSPS) is 30.6. The third-order valence-corrected chi connectivity index (χ3v) is 6.05. The van der Waals surface area contributed by atoms with E-state index in [1.807, 2.05) is 39.0 Å². The molecule has 1 aliphatic carbocycles. The second-order valence-electron chi connectivity index (χ2n) is 9.32. The van der Waals surface area contributed by atoms with Gasteiger partial charge in [0.2, 0.25) is 0 Å². The number of carbonyl (C=O) groups excluding carboxylic acids is 1. The Hall–Kier alpha value is -1.62. The van der Waals surface area contributed by atoms with Crippen molar-refractivity contribution in [1.29, 1.82) is 0 Å². The second-order valence-corrected chi connectivity index (χ2v) is 9.32. The number of rotatable bonds is 4. The zero-order valence-electron chi connectivity index (χ0n) is 16.6. The van der Waals surface area contributed by atoms with Crippen LogP contribution >= 0.6 is 0 Å². The van der Waals surface area contributed by atoms with Gasteiger partial charge in [-0.05, 0) is 58.4 Å². The summed E-state index contributed by atoms with van der Waals surface area (Å²) in [7, 11) is 0. The van der Waals surface area contributed by atoms with E-state index in [1.54, 1.807) is 4.90 Å². The van der Waals surface area contributed by atoms with E-state index in [-0.39, 0.29) is 24.2 Å². The lowest BCUT2D eigenvalue weighted by molar-refractivity contribution is -0.0367. The number of nitrogens with zero attached hydrogens (tertiary/aromatic N) is 2. The first-order valence-electron chi connectivity index (χ1n) is 10.3. The molecule has 2 aliphatic heterocycles. The van der Waals surface area contributed by atoms with Gasteiger partial charge in [-0.25, -0.2) is 9.18 Å². The van der Waals surface area contributed by atoms with Crippen LogP contribution in [0.2, 0.25) is 0 Å². The van der Waals surface area contributed by atoms with Gasteiger partial charge in [-0.3, -0.25) is 9.80 Å². The Kier molecular flexibility index (Phi) is 4.91. The van der Waals surface area contributed by atoms with E-state index in [0.717, 1.165) is 32.2 Å². The van der Waals surface area contributed by atoms with Crippen molar-refractivity contribution >= 4 is 6.09 Å². The quantitative estimate of drug-likeness (QED) is 0.776. The van der Waals surface area contributed by atoms with Crippen LogP contribution < -0.4 is 0 Å². The molecule has 1 saturated carbocycles. The van der Waals surface area contributed by atoms with Crippen LogP contribution in [0.1, 0.15) is 58.4 Å². The van der Waals surface area contributed by atoms with Crippen molar-refractivity contribution in [3.05, 3.63) is 35.9 Å². The largest absolute Gasteiger partial charge is 0.444 e. The lowest BCUT2D eigenvalue weighted by atomic mass is 9.93. The van der Waals surface area contributed by atoms with Crippen molar-refractivity contribution in [2.24, 2.45) is 0 Å². The first-order chi connectivity index (χ1) is 12.8. The first-order valence-corrected chi connectivity index (χ1v) is 10.3. The predicted octanol–water partition coefficient (Wildman–Crippen LogP) is 4.53. The molecule has 1 aromatic carbocycles. The molecule has 4 atom stereocenters. The molecular formula is C22H31FN2O2. The predicted molar refractivity (Wildman–Crippen MR) is 103 cm³/mol. The topological polar surface area (TPSA) is 32.8 Å². The summed E-state index contributed by atoms with van der Waals surface area (Å²) in [6.45, 7) is 6.38. The summed E-state index contributed by atoms with van der Waals surface area (Å²) in [5.41, 5.74) is 0.686. The Labute approximate surface area is 161 Å². The molecule has 0 aromatic heterocycles. The molecule has 4 nitrogen and oxygen atoms in total. The minimum absolute atomic E-state index is 0.0962. The Balaban J connectivity index is 1.50. The number of alkyl halides is 1. The summed E-state index contributed by atoms with van der Waals surface area (Å²) in [6, 6.07) is 10.5. The van der Waals surface area contributed by atoms with Crippen LogP contribution in [0.25, 0.3) is 0 Å². The molecular weight excluding hydrogens is 343 g/mol. The molecule has 2 saturated heterocycles. The molecule has 2 heterocycles. The van der Waals surface area contributed by atoms with E-state index < -0.39 is 11.8 Å². The number of fused-ring (bicyclic) bond motifs is 2. The van der Waals surface area contributed by atoms with Crippen LogP contribution in [0.3, 0.4) is 0 Å². The molecule has 0 spiro atoms. The van der Waals surface area contributed by atoms with Crippen molar-refractivity contribution in [2.45, 2.75) is 95.4 Å². The molecule has 1 amide bonds. The maximum Gasteiger partial charge on any atom is 0.410 e. The summed E-state index contributed by atoms with van der Waals surface area (Å²) in [4.78, 5) is 16.7. The Morgan fingerprint density at radius 3 is 2.52 bits per heavy atom. The van der Waals surface area contributed by atoms with Gasteiger partial charge in [-0.15, -0.1) is 0 Å². The fraction of sp³-hybridized carbons (Fsp3) is 0.682. The third kappa shape index (κ3) is 3.98. The molecule has 3 aliphatic rings. The van der Waals surface area contributed by atoms with E-state index >= 15 is 4.39 Å². The molecule has 148 valence electrons. The van der Waals surface area contributed by atoms with Crippen molar-refractivity contribution < 1.29 is 13.9 Å². The monoisotopic (exact) mass is 374 g/mol. The van der Waals surface area contributed by atoms with Crippen LogP contribution in [-0.2, 0) is 11.3 Å². The molecule has 5 heteroatoms. The van der Waals surface area contributed by atoms with E-state index in [0.29, 0.717) is 12.5 Å². The van der Waals surface area contributed by atoms with Crippen molar-refractivity contribution in [2.75, 3.05) is 0 Å². The van der Waals surface area contributed by atoms with E-state index in [1.165, 1.54) is 5.56 Å². The standard InChI is InChI=1S/C22H31FN2O2/c1-22(2,3)27-21(26)25-17-11-12-18(25)20(23)19(13-17)24(16-9-10-16)14-15-7-5-4-6-8-15/h4-8,16-20H,9-14H2,1-3H3/t17?,18?,19-,20+/m1/s1. The Bertz CT molecular complexity index is 671. The summed E-state index contributed by atoms with van der Waals surface area (Å²) in [5.74, 6) is 0. The van der Waals surface area contributed by atoms with Crippen molar-refractivity contribution in [1.82, 2.24) is 9.80 Å². The lowest BCUT2D eigenvalue weighted by Gasteiger charge is -2.45. The summed E-state index contributed by atoms with van der Waals surface area (Å²) < 4.78 is 21.2. The van der Waals surface area contributed by atoms with E-state index in [9.17, 15) is 4.79 Å². The number of benzene rings is 1. The van der Waals surface area contributed by atoms with E-state index in [2.05, 4.69) is 17.0 Å². The Morgan fingerprint density at radius 1 is 1.19 bits per heavy atom. The maximum absolute atomic E-state index is 15.6. The minimum atomic E-state index is -1.01.